The average molecular weight is 421 g/mol. The van der Waals surface area contributed by atoms with Gasteiger partial charge in [0, 0.05) is 24.2 Å². The second-order valence-corrected chi connectivity index (χ2v) is 7.94. The zero-order valence-corrected chi connectivity index (χ0v) is 17.4. The summed E-state index contributed by atoms with van der Waals surface area (Å²) in [5, 5.41) is 0.403. The number of fused-ring (bicyclic) bond motifs is 4. The highest BCUT2D eigenvalue weighted by atomic mass is 16.3. The summed E-state index contributed by atoms with van der Waals surface area (Å²) in [5.74, 6) is 0.874. The van der Waals surface area contributed by atoms with Gasteiger partial charge in [-0.3, -0.25) is 14.5 Å². The fraction of sp³-hybridized carbons (Fsp3) is 0.115. The summed E-state index contributed by atoms with van der Waals surface area (Å²) < 4.78 is 8.29. The molecule has 0 aliphatic carbocycles. The Balaban J connectivity index is 1.53. The monoisotopic (exact) mass is 421 g/mol. The van der Waals surface area contributed by atoms with Gasteiger partial charge in [0.15, 0.2) is 11.0 Å². The van der Waals surface area contributed by atoms with E-state index in [9.17, 15) is 9.59 Å². The SMILES string of the molecule is Cc1c(-c2ccccc2)oc2c(C(=O)N3CCn4c3nc3ccccc34)cccc2c1=O. The number of anilines is 1. The van der Waals surface area contributed by atoms with Crippen LogP contribution in [-0.2, 0) is 6.54 Å². The zero-order chi connectivity index (χ0) is 21.8. The molecule has 0 saturated heterocycles. The Bertz CT molecular complexity index is 1580. The highest BCUT2D eigenvalue weighted by molar-refractivity contribution is 6.13. The lowest BCUT2D eigenvalue weighted by atomic mass is 10.0. The number of aromatic nitrogens is 2. The molecule has 0 atom stereocenters. The largest absolute Gasteiger partial charge is 0.455 e. The molecule has 0 saturated carbocycles. The zero-order valence-electron chi connectivity index (χ0n) is 17.4. The first-order valence-electron chi connectivity index (χ1n) is 10.5. The number of imidazole rings is 1. The van der Waals surface area contributed by atoms with Crippen LogP contribution in [0.5, 0.6) is 0 Å². The lowest BCUT2D eigenvalue weighted by molar-refractivity contribution is 0.0989. The lowest BCUT2D eigenvalue weighted by Crippen LogP contribution is -2.29. The van der Waals surface area contributed by atoms with Gasteiger partial charge in [-0.2, -0.15) is 0 Å². The van der Waals surface area contributed by atoms with Gasteiger partial charge in [-0.25, -0.2) is 4.98 Å². The Morgan fingerprint density at radius 2 is 1.72 bits per heavy atom. The van der Waals surface area contributed by atoms with Gasteiger partial charge in [-0.05, 0) is 31.2 Å². The van der Waals surface area contributed by atoms with Gasteiger partial charge < -0.3 is 8.98 Å². The van der Waals surface area contributed by atoms with Gasteiger partial charge in [-0.1, -0.05) is 48.5 Å². The molecule has 0 spiro atoms. The number of para-hydroxylation sites is 3. The molecule has 2 aromatic heterocycles. The number of carbonyl (C=O) groups is 1. The van der Waals surface area contributed by atoms with Gasteiger partial charge in [0.05, 0.1) is 22.0 Å². The number of benzene rings is 3. The van der Waals surface area contributed by atoms with E-state index in [2.05, 4.69) is 4.98 Å². The molecule has 6 rings (SSSR count). The normalized spacial score (nSPS) is 13.1. The Morgan fingerprint density at radius 3 is 2.56 bits per heavy atom. The van der Waals surface area contributed by atoms with E-state index in [-0.39, 0.29) is 11.3 Å². The second kappa shape index (κ2) is 6.92. The van der Waals surface area contributed by atoms with Gasteiger partial charge in [-0.15, -0.1) is 0 Å². The molecule has 1 aliphatic rings. The molecule has 156 valence electrons. The third-order valence-corrected chi connectivity index (χ3v) is 6.08. The Kier molecular flexibility index (Phi) is 4.01. The van der Waals surface area contributed by atoms with E-state index in [4.69, 9.17) is 4.42 Å². The number of hydrogen-bond donors (Lipinski definition) is 0. The molecule has 32 heavy (non-hydrogen) atoms. The predicted octanol–water partition coefficient (Wildman–Crippen LogP) is 4.78. The van der Waals surface area contributed by atoms with Crippen molar-refractivity contribution in [3.8, 4) is 11.3 Å². The smallest absolute Gasteiger partial charge is 0.264 e. The maximum atomic E-state index is 13.7. The van der Waals surface area contributed by atoms with Crippen molar-refractivity contribution in [1.29, 1.82) is 0 Å². The molecular weight excluding hydrogens is 402 g/mol. The van der Waals surface area contributed by atoms with E-state index in [0.717, 1.165) is 16.6 Å². The molecule has 0 radical (unpaired) electrons. The predicted molar refractivity (Wildman–Crippen MR) is 124 cm³/mol. The molecule has 0 unspecified atom stereocenters. The quantitative estimate of drug-likeness (QED) is 0.411. The summed E-state index contributed by atoms with van der Waals surface area (Å²) in [6.45, 7) is 2.94. The van der Waals surface area contributed by atoms with E-state index in [1.807, 2.05) is 59.2 Å². The van der Waals surface area contributed by atoms with Crippen LogP contribution in [0.2, 0.25) is 0 Å². The lowest BCUT2D eigenvalue weighted by Gasteiger charge is -2.16. The minimum Gasteiger partial charge on any atom is -0.455 e. The van der Waals surface area contributed by atoms with Crippen molar-refractivity contribution in [2.75, 3.05) is 11.4 Å². The first-order valence-corrected chi connectivity index (χ1v) is 10.5. The molecular formula is C26H19N3O3. The van der Waals surface area contributed by atoms with Crippen molar-refractivity contribution in [3.63, 3.8) is 0 Å². The fourth-order valence-electron chi connectivity index (χ4n) is 4.47. The van der Waals surface area contributed by atoms with Gasteiger partial charge in [0.2, 0.25) is 5.95 Å². The van der Waals surface area contributed by atoms with Gasteiger partial charge in [0.25, 0.3) is 5.91 Å². The standard InChI is InChI=1S/C26H19N3O3/c1-16-22(30)18-10-7-11-19(24(18)32-23(16)17-8-3-2-4-9-17)25(31)29-15-14-28-21-13-6-5-12-20(21)27-26(28)29/h2-13H,14-15H2,1H3. The highest BCUT2D eigenvalue weighted by Gasteiger charge is 2.31. The number of rotatable bonds is 2. The van der Waals surface area contributed by atoms with Crippen molar-refractivity contribution in [2.45, 2.75) is 13.5 Å². The first-order chi connectivity index (χ1) is 15.6. The molecule has 6 heteroatoms. The van der Waals surface area contributed by atoms with E-state index in [1.165, 1.54) is 0 Å². The van der Waals surface area contributed by atoms with Crippen LogP contribution in [0.15, 0.2) is 82.0 Å². The van der Waals surface area contributed by atoms with Crippen LogP contribution in [-0.4, -0.2) is 22.0 Å². The molecule has 0 fully saturated rings. The van der Waals surface area contributed by atoms with Crippen molar-refractivity contribution < 1.29 is 9.21 Å². The minimum atomic E-state index is -0.226. The number of carbonyl (C=O) groups excluding carboxylic acids is 1. The third-order valence-electron chi connectivity index (χ3n) is 6.08. The van der Waals surface area contributed by atoms with E-state index < -0.39 is 0 Å². The van der Waals surface area contributed by atoms with Crippen LogP contribution in [0.4, 0.5) is 5.95 Å². The van der Waals surface area contributed by atoms with Crippen LogP contribution in [0, 0.1) is 6.92 Å². The van der Waals surface area contributed by atoms with Crippen LogP contribution < -0.4 is 10.3 Å². The maximum Gasteiger partial charge on any atom is 0.264 e. The molecule has 3 heterocycles. The summed E-state index contributed by atoms with van der Waals surface area (Å²) in [7, 11) is 0. The van der Waals surface area contributed by atoms with Crippen molar-refractivity contribution in [1.82, 2.24) is 9.55 Å². The van der Waals surface area contributed by atoms with Gasteiger partial charge >= 0.3 is 0 Å². The number of amides is 1. The number of nitrogens with zero attached hydrogens (tertiary/aromatic N) is 3. The molecule has 1 aliphatic heterocycles. The minimum absolute atomic E-state index is 0.131. The molecule has 0 bridgehead atoms. The van der Waals surface area contributed by atoms with E-state index >= 15 is 0 Å². The second-order valence-electron chi connectivity index (χ2n) is 7.94. The Hall–Kier alpha value is -4.19. The number of hydrogen-bond acceptors (Lipinski definition) is 4. The molecule has 3 aromatic carbocycles. The van der Waals surface area contributed by atoms with Gasteiger partial charge in [0.1, 0.15) is 5.76 Å². The molecule has 5 aromatic rings. The van der Waals surface area contributed by atoms with Crippen LogP contribution in [0.25, 0.3) is 33.3 Å². The molecule has 6 nitrogen and oxygen atoms in total. The molecule has 1 amide bonds. The summed E-state index contributed by atoms with van der Waals surface area (Å²) in [6.07, 6.45) is 0. The summed E-state index contributed by atoms with van der Waals surface area (Å²) in [6, 6.07) is 22.5. The van der Waals surface area contributed by atoms with Crippen LogP contribution >= 0.6 is 0 Å². The summed E-state index contributed by atoms with van der Waals surface area (Å²) in [5.41, 5.74) is 3.72. The van der Waals surface area contributed by atoms with E-state index in [1.54, 1.807) is 30.0 Å². The summed E-state index contributed by atoms with van der Waals surface area (Å²) >= 11 is 0. The van der Waals surface area contributed by atoms with E-state index in [0.29, 0.717) is 46.9 Å². The Morgan fingerprint density at radius 1 is 0.938 bits per heavy atom. The summed E-state index contributed by atoms with van der Waals surface area (Å²) in [4.78, 5) is 33.1. The average Bonchev–Trinajstić information content (AvgIpc) is 3.40. The topological polar surface area (TPSA) is 68.3 Å². The maximum absolute atomic E-state index is 13.7. The van der Waals surface area contributed by atoms with Crippen molar-refractivity contribution in [2.24, 2.45) is 0 Å². The first kappa shape index (κ1) is 18.6. The van der Waals surface area contributed by atoms with Crippen molar-refractivity contribution in [3.05, 3.63) is 94.1 Å². The van der Waals surface area contributed by atoms with Crippen LogP contribution in [0.3, 0.4) is 0 Å². The van der Waals surface area contributed by atoms with Crippen molar-refractivity contribution >= 4 is 33.9 Å². The van der Waals surface area contributed by atoms with Crippen LogP contribution in [0.1, 0.15) is 15.9 Å². The third kappa shape index (κ3) is 2.62. The molecule has 0 N–H and O–H groups in total. The Labute approximate surface area is 183 Å². The fourth-order valence-corrected chi connectivity index (χ4v) is 4.47. The highest BCUT2D eigenvalue weighted by Crippen LogP contribution is 2.31.